The third-order valence-corrected chi connectivity index (χ3v) is 4.86. The van der Waals surface area contributed by atoms with Crippen LogP contribution in [0, 0.1) is 0 Å². The molecule has 0 bridgehead atoms. The van der Waals surface area contributed by atoms with E-state index in [4.69, 9.17) is 4.74 Å². The van der Waals surface area contributed by atoms with E-state index in [-0.39, 0.29) is 24.1 Å². The zero-order valence-corrected chi connectivity index (χ0v) is 16.0. The zero-order valence-electron chi connectivity index (χ0n) is 15.2. The Labute approximate surface area is 156 Å². The number of ether oxygens (including phenoxy) is 1. The minimum atomic E-state index is -1.31. The summed E-state index contributed by atoms with van der Waals surface area (Å²) in [7, 11) is -1.31. The Morgan fingerprint density at radius 1 is 1.04 bits per heavy atom. The number of carbonyl (C=O) groups excluding carboxylic acids is 2. The fourth-order valence-electron chi connectivity index (χ4n) is 2.51. The second kappa shape index (κ2) is 9.29. The fourth-order valence-corrected chi connectivity index (χ4v) is 3.24. The molecule has 0 spiro atoms. The number of hydrogen-bond donors (Lipinski definition) is 0. The van der Waals surface area contributed by atoms with Crippen LogP contribution in [0.25, 0.3) is 0 Å². The van der Waals surface area contributed by atoms with Crippen molar-refractivity contribution in [3.05, 3.63) is 65.7 Å². The van der Waals surface area contributed by atoms with Gasteiger partial charge in [0.15, 0.2) is 6.61 Å². The smallest absolute Gasteiger partial charge is 0.339 e. The molecule has 2 aromatic rings. The van der Waals surface area contributed by atoms with E-state index >= 15 is 0 Å². The Kier molecular flexibility index (Phi) is 7.09. The molecule has 0 unspecified atom stereocenters. The van der Waals surface area contributed by atoms with Crippen molar-refractivity contribution in [2.75, 3.05) is 12.9 Å². The zero-order chi connectivity index (χ0) is 19.1. The Balaban J connectivity index is 2.04. The van der Waals surface area contributed by atoms with Crippen LogP contribution in [0.2, 0.25) is 0 Å². The molecule has 0 aliphatic heterocycles. The highest BCUT2D eigenvalue weighted by atomic mass is 32.2. The van der Waals surface area contributed by atoms with Crippen LogP contribution in [0.15, 0.2) is 59.5 Å². The first-order chi connectivity index (χ1) is 12.4. The lowest BCUT2D eigenvalue weighted by Gasteiger charge is -2.26. The van der Waals surface area contributed by atoms with Crippen molar-refractivity contribution in [1.29, 1.82) is 0 Å². The number of nitrogens with zero attached hydrogens (tertiary/aromatic N) is 1. The molecule has 5 nitrogen and oxygen atoms in total. The molecule has 1 atom stereocenters. The first-order valence-electron chi connectivity index (χ1n) is 8.33. The van der Waals surface area contributed by atoms with Gasteiger partial charge in [0.1, 0.15) is 0 Å². The molecule has 26 heavy (non-hydrogen) atoms. The van der Waals surface area contributed by atoms with E-state index in [0.717, 1.165) is 5.56 Å². The van der Waals surface area contributed by atoms with Gasteiger partial charge < -0.3 is 9.64 Å². The van der Waals surface area contributed by atoms with Crippen molar-refractivity contribution in [2.45, 2.75) is 31.3 Å². The summed E-state index contributed by atoms with van der Waals surface area (Å²) < 4.78 is 16.9. The van der Waals surface area contributed by atoms with Gasteiger partial charge in [-0.1, -0.05) is 42.5 Å². The Morgan fingerprint density at radius 2 is 1.65 bits per heavy atom. The minimum Gasteiger partial charge on any atom is -0.452 e. The van der Waals surface area contributed by atoms with Crippen LogP contribution in [0.4, 0.5) is 0 Å². The first kappa shape index (κ1) is 19.8. The predicted octanol–water partition coefficient (Wildman–Crippen LogP) is 3.02. The van der Waals surface area contributed by atoms with Crippen molar-refractivity contribution in [2.24, 2.45) is 0 Å². The molecule has 0 aliphatic rings. The standard InChI is InChI=1S/C20H23NO4S/c1-15(2)21(13-16-9-5-4-6-10-16)19(22)14-25-20(23)17-11-7-8-12-18(17)26(3)24/h4-12,15H,13-14H2,1-3H3/t26-/m0/s1. The van der Waals surface area contributed by atoms with Crippen molar-refractivity contribution >= 4 is 22.7 Å². The van der Waals surface area contributed by atoms with Crippen LogP contribution >= 0.6 is 0 Å². The van der Waals surface area contributed by atoms with Crippen LogP contribution in [0.1, 0.15) is 29.8 Å². The average molecular weight is 373 g/mol. The van der Waals surface area contributed by atoms with Gasteiger partial charge in [-0.05, 0) is 31.5 Å². The molecule has 0 aromatic heterocycles. The molecule has 0 saturated carbocycles. The number of benzene rings is 2. The summed E-state index contributed by atoms with van der Waals surface area (Å²) in [5.41, 5.74) is 1.23. The van der Waals surface area contributed by atoms with E-state index in [1.54, 1.807) is 29.2 Å². The number of esters is 1. The molecule has 0 N–H and O–H groups in total. The lowest BCUT2D eigenvalue weighted by Crippen LogP contribution is -2.39. The fraction of sp³-hybridized carbons (Fsp3) is 0.300. The molecule has 0 fully saturated rings. The summed E-state index contributed by atoms with van der Waals surface area (Å²) in [5, 5.41) is 0. The third-order valence-electron chi connectivity index (χ3n) is 3.88. The second-order valence-electron chi connectivity index (χ2n) is 6.13. The van der Waals surface area contributed by atoms with Gasteiger partial charge in [0.2, 0.25) is 0 Å². The van der Waals surface area contributed by atoms with Crippen LogP contribution in [-0.4, -0.2) is 39.9 Å². The highest BCUT2D eigenvalue weighted by Gasteiger charge is 2.21. The quantitative estimate of drug-likeness (QED) is 0.700. The molecule has 0 radical (unpaired) electrons. The Bertz CT molecular complexity index is 789. The molecular weight excluding hydrogens is 350 g/mol. The van der Waals surface area contributed by atoms with Gasteiger partial charge in [0, 0.05) is 18.8 Å². The van der Waals surface area contributed by atoms with Gasteiger partial charge in [0.25, 0.3) is 5.91 Å². The van der Waals surface area contributed by atoms with Crippen LogP contribution < -0.4 is 0 Å². The summed E-state index contributed by atoms with van der Waals surface area (Å²) in [6.45, 7) is 3.93. The van der Waals surface area contributed by atoms with Crippen molar-refractivity contribution < 1.29 is 18.5 Å². The largest absolute Gasteiger partial charge is 0.452 e. The summed E-state index contributed by atoms with van der Waals surface area (Å²) in [6, 6.07) is 16.2. The Hall–Kier alpha value is -2.47. The molecular formula is C20H23NO4S. The maximum atomic E-state index is 12.5. The maximum Gasteiger partial charge on any atom is 0.339 e. The predicted molar refractivity (Wildman–Crippen MR) is 101 cm³/mol. The first-order valence-corrected chi connectivity index (χ1v) is 9.89. The summed E-state index contributed by atoms with van der Waals surface area (Å²) >= 11 is 0. The van der Waals surface area contributed by atoms with Gasteiger partial charge in [-0.3, -0.25) is 9.00 Å². The van der Waals surface area contributed by atoms with E-state index in [1.807, 2.05) is 44.2 Å². The molecule has 2 aromatic carbocycles. The average Bonchev–Trinajstić information content (AvgIpc) is 2.64. The number of carbonyl (C=O) groups is 2. The topological polar surface area (TPSA) is 63.7 Å². The molecule has 138 valence electrons. The van der Waals surface area contributed by atoms with Gasteiger partial charge in [-0.2, -0.15) is 0 Å². The van der Waals surface area contributed by atoms with Gasteiger partial charge in [0.05, 0.1) is 21.3 Å². The van der Waals surface area contributed by atoms with Crippen LogP contribution in [0.5, 0.6) is 0 Å². The molecule has 2 rings (SSSR count). The second-order valence-corrected chi connectivity index (χ2v) is 7.48. The molecule has 6 heteroatoms. The molecule has 0 saturated heterocycles. The van der Waals surface area contributed by atoms with Crippen molar-refractivity contribution in [1.82, 2.24) is 4.90 Å². The van der Waals surface area contributed by atoms with Gasteiger partial charge in [-0.25, -0.2) is 4.79 Å². The maximum absolute atomic E-state index is 12.5. The Morgan fingerprint density at radius 3 is 2.27 bits per heavy atom. The molecule has 1 amide bonds. The van der Waals surface area contributed by atoms with Crippen LogP contribution in [0.3, 0.4) is 0 Å². The monoisotopic (exact) mass is 373 g/mol. The minimum absolute atomic E-state index is 0.0307. The van der Waals surface area contributed by atoms with E-state index in [2.05, 4.69) is 0 Å². The summed E-state index contributed by atoms with van der Waals surface area (Å²) in [5.74, 6) is -0.917. The van der Waals surface area contributed by atoms with E-state index in [1.165, 1.54) is 6.26 Å². The molecule has 0 aliphatic carbocycles. The van der Waals surface area contributed by atoms with Crippen LogP contribution in [-0.2, 0) is 26.9 Å². The lowest BCUT2D eigenvalue weighted by atomic mass is 10.2. The van der Waals surface area contributed by atoms with Crippen molar-refractivity contribution in [3.63, 3.8) is 0 Å². The number of rotatable bonds is 7. The van der Waals surface area contributed by atoms with Gasteiger partial charge >= 0.3 is 5.97 Å². The molecule has 0 heterocycles. The summed E-state index contributed by atoms with van der Waals surface area (Å²) in [4.78, 5) is 26.9. The highest BCUT2D eigenvalue weighted by molar-refractivity contribution is 7.84. The SMILES string of the molecule is CC(C)N(Cc1ccccc1)C(=O)COC(=O)c1ccccc1[S@](C)=O. The van der Waals surface area contributed by atoms with E-state index in [9.17, 15) is 13.8 Å². The number of hydrogen-bond acceptors (Lipinski definition) is 4. The normalized spacial score (nSPS) is 11.8. The third kappa shape index (κ3) is 5.26. The van der Waals surface area contributed by atoms with Crippen molar-refractivity contribution in [3.8, 4) is 0 Å². The van der Waals surface area contributed by atoms with E-state index in [0.29, 0.717) is 11.4 Å². The highest BCUT2D eigenvalue weighted by Crippen LogP contribution is 2.14. The van der Waals surface area contributed by atoms with E-state index < -0.39 is 16.8 Å². The summed E-state index contributed by atoms with van der Waals surface area (Å²) in [6.07, 6.45) is 1.50. The lowest BCUT2D eigenvalue weighted by molar-refractivity contribution is -0.136. The van der Waals surface area contributed by atoms with Gasteiger partial charge in [-0.15, -0.1) is 0 Å². The number of amides is 1.